The van der Waals surface area contributed by atoms with Gasteiger partial charge in [-0.05, 0) is 46.9 Å². The van der Waals surface area contributed by atoms with E-state index in [1.807, 2.05) is 16.8 Å². The average molecular weight is 292 g/mol. The van der Waals surface area contributed by atoms with E-state index in [0.717, 1.165) is 23.9 Å². The molecule has 6 heteroatoms. The van der Waals surface area contributed by atoms with Gasteiger partial charge < -0.3 is 5.73 Å². The van der Waals surface area contributed by atoms with Crippen molar-refractivity contribution in [3.63, 3.8) is 0 Å². The number of halogens is 1. The van der Waals surface area contributed by atoms with E-state index in [2.05, 4.69) is 22.4 Å². The zero-order valence-corrected chi connectivity index (χ0v) is 12.2. The largest absolute Gasteiger partial charge is 0.398 e. The van der Waals surface area contributed by atoms with E-state index in [1.54, 1.807) is 6.07 Å². The van der Waals surface area contributed by atoms with E-state index in [-0.39, 0.29) is 0 Å². The molecule has 0 amide bonds. The lowest BCUT2D eigenvalue weighted by Gasteiger charge is -2.15. The number of hydrogen-bond donors (Lipinski definition) is 1. The summed E-state index contributed by atoms with van der Waals surface area (Å²) in [6, 6.07) is 5.50. The lowest BCUT2D eigenvalue weighted by Crippen LogP contribution is -2.15. The van der Waals surface area contributed by atoms with Gasteiger partial charge in [0, 0.05) is 12.1 Å². The minimum atomic E-state index is 0.549. The molecule has 5 nitrogen and oxygen atoms in total. The van der Waals surface area contributed by atoms with Crippen LogP contribution in [0.25, 0.3) is 11.4 Å². The van der Waals surface area contributed by atoms with Crippen LogP contribution in [0.15, 0.2) is 18.2 Å². The molecule has 2 aromatic rings. The Bertz CT molecular complexity index is 609. The highest BCUT2D eigenvalue weighted by Gasteiger charge is 2.25. The van der Waals surface area contributed by atoms with E-state index >= 15 is 0 Å². The molecule has 1 heterocycles. The fourth-order valence-electron chi connectivity index (χ4n) is 2.93. The van der Waals surface area contributed by atoms with Crippen molar-refractivity contribution in [1.82, 2.24) is 20.2 Å². The van der Waals surface area contributed by atoms with E-state index in [1.165, 1.54) is 19.3 Å². The third-order valence-electron chi connectivity index (χ3n) is 4.23. The Hall–Kier alpha value is -1.62. The van der Waals surface area contributed by atoms with Crippen molar-refractivity contribution in [2.75, 3.05) is 5.73 Å². The zero-order chi connectivity index (χ0) is 14.1. The second kappa shape index (κ2) is 5.40. The molecular weight excluding hydrogens is 274 g/mol. The fourth-order valence-corrected chi connectivity index (χ4v) is 3.05. The van der Waals surface area contributed by atoms with Crippen LogP contribution in [-0.4, -0.2) is 20.2 Å². The van der Waals surface area contributed by atoms with Crippen molar-refractivity contribution in [2.45, 2.75) is 32.7 Å². The third-order valence-corrected chi connectivity index (χ3v) is 4.58. The molecule has 2 atom stereocenters. The van der Waals surface area contributed by atoms with Gasteiger partial charge in [0.05, 0.1) is 10.7 Å². The zero-order valence-electron chi connectivity index (χ0n) is 11.5. The van der Waals surface area contributed by atoms with Gasteiger partial charge in [0.2, 0.25) is 0 Å². The highest BCUT2D eigenvalue weighted by molar-refractivity contribution is 6.33. The van der Waals surface area contributed by atoms with Crippen molar-refractivity contribution < 1.29 is 0 Å². The maximum absolute atomic E-state index is 5.95. The first kappa shape index (κ1) is 13.4. The first-order valence-corrected chi connectivity index (χ1v) is 7.34. The Morgan fingerprint density at radius 3 is 2.95 bits per heavy atom. The van der Waals surface area contributed by atoms with Gasteiger partial charge in [-0.25, -0.2) is 4.68 Å². The van der Waals surface area contributed by atoms with Gasteiger partial charge in [-0.2, -0.15) is 0 Å². The predicted molar refractivity (Wildman–Crippen MR) is 79.2 cm³/mol. The molecule has 1 aliphatic carbocycles. The van der Waals surface area contributed by atoms with Crippen molar-refractivity contribution in [2.24, 2.45) is 11.8 Å². The third kappa shape index (κ3) is 2.50. The first-order chi connectivity index (χ1) is 9.65. The van der Waals surface area contributed by atoms with Gasteiger partial charge in [-0.1, -0.05) is 31.4 Å². The summed E-state index contributed by atoms with van der Waals surface area (Å²) in [6.45, 7) is 3.17. The summed E-state index contributed by atoms with van der Waals surface area (Å²) in [5.74, 6) is 2.15. The highest BCUT2D eigenvalue weighted by atomic mass is 35.5. The van der Waals surface area contributed by atoms with Crippen LogP contribution in [0.1, 0.15) is 26.2 Å². The number of aromatic nitrogens is 4. The number of nitrogens with zero attached hydrogens (tertiary/aromatic N) is 4. The van der Waals surface area contributed by atoms with Crippen molar-refractivity contribution in [1.29, 1.82) is 0 Å². The van der Waals surface area contributed by atoms with Crippen LogP contribution < -0.4 is 5.73 Å². The maximum Gasteiger partial charge on any atom is 0.182 e. The molecule has 0 radical (unpaired) electrons. The molecule has 106 valence electrons. The Morgan fingerprint density at radius 2 is 2.25 bits per heavy atom. The molecule has 2 unspecified atom stereocenters. The van der Waals surface area contributed by atoms with Crippen LogP contribution in [0, 0.1) is 11.8 Å². The van der Waals surface area contributed by atoms with Gasteiger partial charge in [0.15, 0.2) is 5.82 Å². The van der Waals surface area contributed by atoms with Crippen LogP contribution >= 0.6 is 11.6 Å². The van der Waals surface area contributed by atoms with E-state index < -0.39 is 0 Å². The Balaban J connectivity index is 1.87. The molecule has 1 aromatic heterocycles. The summed E-state index contributed by atoms with van der Waals surface area (Å²) in [6.07, 6.45) is 3.86. The second-order valence-electron chi connectivity index (χ2n) is 5.59. The lowest BCUT2D eigenvalue weighted by atomic mass is 9.98. The van der Waals surface area contributed by atoms with Crippen LogP contribution in [0.4, 0.5) is 5.69 Å². The number of nitrogens with two attached hydrogens (primary N) is 1. The van der Waals surface area contributed by atoms with Gasteiger partial charge in [-0.15, -0.1) is 5.10 Å². The summed E-state index contributed by atoms with van der Waals surface area (Å²) in [5.41, 5.74) is 7.31. The minimum absolute atomic E-state index is 0.549. The van der Waals surface area contributed by atoms with Crippen LogP contribution in [0.5, 0.6) is 0 Å². The number of hydrogen-bond acceptors (Lipinski definition) is 4. The van der Waals surface area contributed by atoms with Crippen molar-refractivity contribution in [3.05, 3.63) is 23.2 Å². The molecule has 1 aliphatic rings. The highest BCUT2D eigenvalue weighted by Crippen LogP contribution is 2.33. The molecule has 20 heavy (non-hydrogen) atoms. The van der Waals surface area contributed by atoms with Crippen LogP contribution in [0.2, 0.25) is 5.02 Å². The summed E-state index contributed by atoms with van der Waals surface area (Å²) in [4.78, 5) is 0. The lowest BCUT2D eigenvalue weighted by molar-refractivity contribution is 0.346. The number of rotatable bonds is 3. The second-order valence-corrected chi connectivity index (χ2v) is 6.00. The molecule has 1 aromatic carbocycles. The number of benzene rings is 1. The van der Waals surface area contributed by atoms with Crippen molar-refractivity contribution >= 4 is 17.3 Å². The SMILES string of the molecule is CC1CCCC1Cn1nnnc1-c1ccc(Cl)c(N)c1. The maximum atomic E-state index is 5.95. The van der Waals surface area contributed by atoms with Crippen molar-refractivity contribution in [3.8, 4) is 11.4 Å². The predicted octanol–water partition coefficient (Wildman–Crippen LogP) is 3.01. The summed E-state index contributed by atoms with van der Waals surface area (Å²) in [7, 11) is 0. The minimum Gasteiger partial charge on any atom is -0.398 e. The van der Waals surface area contributed by atoms with Gasteiger partial charge >= 0.3 is 0 Å². The van der Waals surface area contributed by atoms with E-state index in [4.69, 9.17) is 17.3 Å². The standard InChI is InChI=1S/C14H18ClN5/c1-9-3-2-4-11(9)8-20-14(17-18-19-20)10-5-6-12(15)13(16)7-10/h5-7,9,11H,2-4,8,16H2,1H3. The number of anilines is 1. The monoisotopic (exact) mass is 291 g/mol. The summed E-state index contributed by atoms with van der Waals surface area (Å²) >= 11 is 5.95. The summed E-state index contributed by atoms with van der Waals surface area (Å²) in [5, 5.41) is 12.6. The topological polar surface area (TPSA) is 69.6 Å². The fraction of sp³-hybridized carbons (Fsp3) is 0.500. The van der Waals surface area contributed by atoms with Gasteiger partial charge in [0.1, 0.15) is 0 Å². The van der Waals surface area contributed by atoms with Gasteiger partial charge in [0.25, 0.3) is 0 Å². The summed E-state index contributed by atoms with van der Waals surface area (Å²) < 4.78 is 1.88. The van der Waals surface area contributed by atoms with E-state index in [9.17, 15) is 0 Å². The molecule has 0 saturated heterocycles. The molecule has 1 fully saturated rings. The van der Waals surface area contributed by atoms with Gasteiger partial charge in [-0.3, -0.25) is 0 Å². The molecule has 0 bridgehead atoms. The Morgan fingerprint density at radius 1 is 1.40 bits per heavy atom. The average Bonchev–Trinajstić information content (AvgIpc) is 3.04. The molecule has 0 spiro atoms. The van der Waals surface area contributed by atoms with E-state index in [0.29, 0.717) is 16.6 Å². The molecule has 2 N–H and O–H groups in total. The molecule has 3 rings (SSSR count). The first-order valence-electron chi connectivity index (χ1n) is 6.96. The number of tetrazole rings is 1. The quantitative estimate of drug-likeness (QED) is 0.883. The van der Waals surface area contributed by atoms with Crippen LogP contribution in [0.3, 0.4) is 0 Å². The molecular formula is C14H18ClN5. The van der Waals surface area contributed by atoms with Crippen LogP contribution in [-0.2, 0) is 6.54 Å². The Labute approximate surface area is 123 Å². The molecule has 0 aliphatic heterocycles. The molecule has 1 saturated carbocycles. The smallest absolute Gasteiger partial charge is 0.182 e. The normalized spacial score (nSPS) is 22.3. The Kier molecular flexibility index (Phi) is 3.61. The number of nitrogen functional groups attached to an aromatic ring is 1.